The van der Waals surface area contributed by atoms with Crippen LogP contribution in [-0.4, -0.2) is 98.2 Å². The van der Waals surface area contributed by atoms with Crippen molar-refractivity contribution in [3.05, 3.63) is 47.5 Å². The number of aliphatic hydroxyl groups excluding tert-OH is 2. The second kappa shape index (κ2) is 15.7. The Hall–Kier alpha value is -3.00. The van der Waals surface area contributed by atoms with Gasteiger partial charge < -0.3 is 39.4 Å². The van der Waals surface area contributed by atoms with Gasteiger partial charge in [-0.1, -0.05) is 6.92 Å². The molecular weight excluding hydrogens is 630 g/mol. The average molecular weight is 684 g/mol. The van der Waals surface area contributed by atoms with Gasteiger partial charge in [-0.2, -0.15) is 0 Å². The standard InChI is InChI=1S/C36H53N3O8Si/c1-6-46-27-12-13-30-24(18-27)19-29(37-15-7-8-17-40)36(43)39(30)25-11-14-31-28(20-25)34(45-3)23(2)35(47-31)32(48(4,5)44)21-33(42)38-16-9-10-26(38)22-41/h11-14,18,20,23,26,29,32,34-35,37,40-41,44H,6-10,15-17,19,21-22H2,1-5H3/t23-,26+,29?,32?,34-,35-/m1/s1. The Kier molecular flexibility index (Phi) is 11.9. The van der Waals surface area contributed by atoms with Crippen molar-refractivity contribution in [3.8, 4) is 11.5 Å². The van der Waals surface area contributed by atoms with Gasteiger partial charge in [0.25, 0.3) is 0 Å². The number of hydrogen-bond donors (Lipinski definition) is 4. The van der Waals surface area contributed by atoms with E-state index in [1.54, 1.807) is 16.9 Å². The molecule has 3 aliphatic rings. The molecule has 2 aromatic carbocycles. The third-order valence-corrected chi connectivity index (χ3v) is 12.5. The minimum atomic E-state index is -2.92. The summed E-state index contributed by atoms with van der Waals surface area (Å²) in [6.07, 6.45) is 2.85. The molecule has 4 N–H and O–H groups in total. The Bertz CT molecular complexity index is 1430. The Morgan fingerprint density at radius 1 is 1.17 bits per heavy atom. The van der Waals surface area contributed by atoms with Crippen LogP contribution < -0.4 is 19.7 Å². The zero-order valence-electron chi connectivity index (χ0n) is 29.0. The number of methoxy groups -OCH3 is 1. The van der Waals surface area contributed by atoms with Gasteiger partial charge in [-0.15, -0.1) is 0 Å². The number of benzene rings is 2. The van der Waals surface area contributed by atoms with Crippen LogP contribution in [0.25, 0.3) is 0 Å². The summed E-state index contributed by atoms with van der Waals surface area (Å²) in [6.45, 7) is 9.48. The highest BCUT2D eigenvalue weighted by Crippen LogP contribution is 2.49. The molecule has 11 nitrogen and oxygen atoms in total. The Morgan fingerprint density at radius 2 is 1.96 bits per heavy atom. The number of hydrogen-bond acceptors (Lipinski definition) is 9. The zero-order valence-corrected chi connectivity index (χ0v) is 30.0. The molecule has 3 aliphatic heterocycles. The second-order valence-electron chi connectivity index (χ2n) is 13.9. The second-order valence-corrected chi connectivity index (χ2v) is 17.9. The Morgan fingerprint density at radius 3 is 2.65 bits per heavy atom. The van der Waals surface area contributed by atoms with Gasteiger partial charge in [-0.3, -0.25) is 14.5 Å². The van der Waals surface area contributed by atoms with Crippen LogP contribution in [0, 0.1) is 5.92 Å². The Balaban J connectivity index is 1.46. The van der Waals surface area contributed by atoms with Crippen molar-refractivity contribution >= 4 is 31.5 Å². The molecule has 264 valence electrons. The van der Waals surface area contributed by atoms with Gasteiger partial charge in [0.15, 0.2) is 8.32 Å². The molecule has 0 aromatic heterocycles. The molecule has 3 heterocycles. The maximum atomic E-state index is 14.1. The van der Waals surface area contributed by atoms with E-state index in [4.69, 9.17) is 14.2 Å². The largest absolute Gasteiger partial charge is 0.494 e. The van der Waals surface area contributed by atoms with Crippen molar-refractivity contribution in [2.24, 2.45) is 5.92 Å². The van der Waals surface area contributed by atoms with Crippen molar-refractivity contribution in [2.45, 2.75) is 95.3 Å². The summed E-state index contributed by atoms with van der Waals surface area (Å²) in [5.74, 6) is 1.02. The molecular formula is C36H53N3O8Si. The van der Waals surface area contributed by atoms with Crippen molar-refractivity contribution in [1.29, 1.82) is 0 Å². The highest BCUT2D eigenvalue weighted by Gasteiger charge is 2.48. The summed E-state index contributed by atoms with van der Waals surface area (Å²) >= 11 is 0. The molecule has 1 saturated heterocycles. The number of anilines is 2. The van der Waals surface area contributed by atoms with E-state index in [-0.39, 0.29) is 43.4 Å². The average Bonchev–Trinajstić information content (AvgIpc) is 3.55. The fraction of sp³-hybridized carbons (Fsp3) is 0.611. The molecule has 0 radical (unpaired) electrons. The smallest absolute Gasteiger partial charge is 0.249 e. The van der Waals surface area contributed by atoms with Crippen LogP contribution in [0.15, 0.2) is 36.4 Å². The summed E-state index contributed by atoms with van der Waals surface area (Å²) < 4.78 is 18.6. The number of carbonyl (C=O) groups is 2. The fourth-order valence-electron chi connectivity index (χ4n) is 7.65. The molecule has 2 unspecified atom stereocenters. The van der Waals surface area contributed by atoms with Gasteiger partial charge in [-0.05, 0) is 101 Å². The molecule has 0 aliphatic carbocycles. The van der Waals surface area contributed by atoms with E-state index >= 15 is 0 Å². The predicted molar refractivity (Wildman–Crippen MR) is 186 cm³/mol. The van der Waals surface area contributed by atoms with Crippen molar-refractivity contribution in [1.82, 2.24) is 10.2 Å². The third kappa shape index (κ3) is 7.58. The van der Waals surface area contributed by atoms with Gasteiger partial charge >= 0.3 is 0 Å². The normalized spacial score (nSPS) is 24.6. The van der Waals surface area contributed by atoms with Gasteiger partial charge in [-0.25, -0.2) is 0 Å². The van der Waals surface area contributed by atoms with E-state index in [2.05, 4.69) is 5.32 Å². The number of ether oxygens (including phenoxy) is 3. The number of aliphatic hydroxyl groups is 2. The first-order valence-electron chi connectivity index (χ1n) is 17.4. The zero-order chi connectivity index (χ0) is 34.6. The highest BCUT2D eigenvalue weighted by atomic mass is 28.4. The number of fused-ring (bicyclic) bond motifs is 2. The summed E-state index contributed by atoms with van der Waals surface area (Å²) in [5.41, 5.74) is 2.88. The lowest BCUT2D eigenvalue weighted by atomic mass is 9.86. The summed E-state index contributed by atoms with van der Waals surface area (Å²) in [5, 5.41) is 22.5. The van der Waals surface area contributed by atoms with Crippen LogP contribution in [0.1, 0.15) is 63.2 Å². The number of unbranched alkanes of at least 4 members (excludes halogenated alkanes) is 1. The number of nitrogens with zero attached hydrogens (tertiary/aromatic N) is 2. The number of nitrogens with one attached hydrogen (secondary N) is 1. The number of rotatable bonds is 14. The summed E-state index contributed by atoms with van der Waals surface area (Å²) in [4.78, 5) is 42.6. The van der Waals surface area contributed by atoms with E-state index < -0.39 is 32.1 Å². The van der Waals surface area contributed by atoms with Crippen LogP contribution >= 0.6 is 0 Å². The van der Waals surface area contributed by atoms with Gasteiger partial charge in [0.05, 0.1) is 37.1 Å². The van der Waals surface area contributed by atoms with E-state index in [9.17, 15) is 24.6 Å². The Labute approximate surface area is 285 Å². The lowest BCUT2D eigenvalue weighted by Crippen LogP contribution is -2.50. The van der Waals surface area contributed by atoms with Crippen LogP contribution in [0.4, 0.5) is 11.4 Å². The van der Waals surface area contributed by atoms with Crippen molar-refractivity contribution in [3.63, 3.8) is 0 Å². The van der Waals surface area contributed by atoms with E-state index in [0.29, 0.717) is 44.0 Å². The first kappa shape index (κ1) is 36.3. The number of likely N-dealkylation sites (tertiary alicyclic amines) is 1. The summed E-state index contributed by atoms with van der Waals surface area (Å²) in [6, 6.07) is 10.9. The van der Waals surface area contributed by atoms with E-state index in [1.165, 1.54) is 0 Å². The molecule has 2 amide bonds. The van der Waals surface area contributed by atoms with E-state index in [0.717, 1.165) is 41.8 Å². The minimum Gasteiger partial charge on any atom is -0.494 e. The molecule has 2 aromatic rings. The molecule has 0 saturated carbocycles. The quantitative estimate of drug-likeness (QED) is 0.171. The predicted octanol–water partition coefficient (Wildman–Crippen LogP) is 4.06. The lowest BCUT2D eigenvalue weighted by molar-refractivity contribution is -0.133. The molecule has 5 rings (SSSR count). The lowest BCUT2D eigenvalue weighted by Gasteiger charge is -2.44. The maximum Gasteiger partial charge on any atom is 0.249 e. The molecule has 0 spiro atoms. The summed E-state index contributed by atoms with van der Waals surface area (Å²) in [7, 11) is -1.27. The van der Waals surface area contributed by atoms with Crippen LogP contribution in [0.2, 0.25) is 18.6 Å². The van der Waals surface area contributed by atoms with Crippen molar-refractivity contribution in [2.75, 3.05) is 44.9 Å². The molecule has 6 atom stereocenters. The molecule has 1 fully saturated rings. The first-order valence-corrected chi connectivity index (χ1v) is 20.4. The van der Waals surface area contributed by atoms with Gasteiger partial charge in [0.1, 0.15) is 17.6 Å². The highest BCUT2D eigenvalue weighted by molar-refractivity contribution is 6.71. The SMILES string of the molecule is CCOc1ccc2c(c1)CC(NCCCCO)C(=O)N2c1ccc2c(c1)[C@H](OC)[C@@H](C)[C@H](C(CC(=O)N1CCC[C@H]1CO)[Si](C)(C)O)O2. The molecule has 0 bridgehead atoms. The van der Waals surface area contributed by atoms with Crippen LogP contribution in [0.5, 0.6) is 11.5 Å². The third-order valence-electron chi connectivity index (χ3n) is 10.2. The minimum absolute atomic E-state index is 0.0632. The molecule has 48 heavy (non-hydrogen) atoms. The van der Waals surface area contributed by atoms with Gasteiger partial charge in [0.2, 0.25) is 11.8 Å². The van der Waals surface area contributed by atoms with E-state index in [1.807, 2.05) is 63.3 Å². The molecule has 12 heteroatoms. The fourth-order valence-corrected chi connectivity index (χ4v) is 9.50. The van der Waals surface area contributed by atoms with Gasteiger partial charge in [0, 0.05) is 49.4 Å². The van der Waals surface area contributed by atoms with Crippen molar-refractivity contribution < 1.29 is 38.8 Å². The monoisotopic (exact) mass is 683 g/mol. The first-order chi connectivity index (χ1) is 23.0. The van der Waals surface area contributed by atoms with Crippen LogP contribution in [0.3, 0.4) is 0 Å². The number of amides is 2. The number of carbonyl (C=O) groups excluding carboxylic acids is 2. The maximum absolute atomic E-state index is 14.1. The topological polar surface area (TPSA) is 141 Å². The van der Waals surface area contributed by atoms with Crippen LogP contribution in [-0.2, 0) is 20.7 Å².